The van der Waals surface area contributed by atoms with Crippen LogP contribution in [0.25, 0.3) is 0 Å². The Morgan fingerprint density at radius 2 is 1.89 bits per heavy atom. The molecule has 0 atom stereocenters. The van der Waals surface area contributed by atoms with Crippen molar-refractivity contribution in [3.8, 4) is 5.75 Å². The van der Waals surface area contributed by atoms with Gasteiger partial charge >= 0.3 is 0 Å². The lowest BCUT2D eigenvalue weighted by atomic mass is 9.88. The number of benzene rings is 1. The molecule has 0 spiro atoms. The van der Waals surface area contributed by atoms with Crippen LogP contribution in [0, 0.1) is 5.41 Å². The molecule has 1 rings (SSSR count). The third kappa shape index (κ3) is 6.65. The van der Waals surface area contributed by atoms with Gasteiger partial charge in [0.1, 0.15) is 5.75 Å². The average Bonchev–Trinajstić information content (AvgIpc) is 2.36. The number of rotatable bonds is 9. The van der Waals surface area contributed by atoms with E-state index >= 15 is 0 Å². The number of para-hydroxylation sites is 1. The second-order valence-electron chi connectivity index (χ2n) is 5.61. The SMILES string of the molecule is CCCNCC(C)(C)CCCOc1ccccc1. The smallest absolute Gasteiger partial charge is 0.119 e. The van der Waals surface area contributed by atoms with Crippen LogP contribution in [-0.4, -0.2) is 19.7 Å². The topological polar surface area (TPSA) is 21.3 Å². The lowest BCUT2D eigenvalue weighted by Crippen LogP contribution is -2.30. The van der Waals surface area contributed by atoms with Crippen molar-refractivity contribution in [2.45, 2.75) is 40.0 Å². The molecule has 0 aliphatic carbocycles. The van der Waals surface area contributed by atoms with Crippen LogP contribution < -0.4 is 10.1 Å². The third-order valence-electron chi connectivity index (χ3n) is 3.04. The van der Waals surface area contributed by atoms with E-state index in [1.54, 1.807) is 0 Å². The minimum Gasteiger partial charge on any atom is -0.494 e. The standard InChI is InChI=1S/C16H27NO/c1-4-12-17-14-16(2,3)11-8-13-18-15-9-6-5-7-10-15/h5-7,9-10,17H,4,8,11-14H2,1-3H3. The molecule has 0 amide bonds. The number of hydrogen-bond acceptors (Lipinski definition) is 2. The average molecular weight is 249 g/mol. The van der Waals surface area contributed by atoms with Crippen molar-refractivity contribution in [3.63, 3.8) is 0 Å². The molecular formula is C16H27NO. The van der Waals surface area contributed by atoms with Gasteiger partial charge in [0.15, 0.2) is 0 Å². The van der Waals surface area contributed by atoms with Gasteiger partial charge in [0.05, 0.1) is 6.61 Å². The van der Waals surface area contributed by atoms with Gasteiger partial charge in [-0.05, 0) is 43.4 Å². The lowest BCUT2D eigenvalue weighted by Gasteiger charge is -2.25. The minimum absolute atomic E-state index is 0.356. The Hall–Kier alpha value is -1.02. The number of nitrogens with one attached hydrogen (secondary N) is 1. The van der Waals surface area contributed by atoms with E-state index in [0.29, 0.717) is 5.41 Å². The van der Waals surface area contributed by atoms with E-state index in [-0.39, 0.29) is 0 Å². The summed E-state index contributed by atoms with van der Waals surface area (Å²) in [6.45, 7) is 9.85. The van der Waals surface area contributed by atoms with Crippen LogP contribution >= 0.6 is 0 Å². The Kier molecular flexibility index (Phi) is 6.81. The van der Waals surface area contributed by atoms with E-state index in [1.807, 2.05) is 30.3 Å². The van der Waals surface area contributed by atoms with Crippen molar-refractivity contribution in [1.82, 2.24) is 5.32 Å². The molecular weight excluding hydrogens is 222 g/mol. The fourth-order valence-corrected chi connectivity index (χ4v) is 1.95. The van der Waals surface area contributed by atoms with Crippen LogP contribution in [-0.2, 0) is 0 Å². The number of ether oxygens (including phenoxy) is 1. The molecule has 102 valence electrons. The van der Waals surface area contributed by atoms with Crippen LogP contribution in [0.1, 0.15) is 40.0 Å². The molecule has 0 aliphatic heterocycles. The predicted octanol–water partition coefficient (Wildman–Crippen LogP) is 3.87. The normalized spacial score (nSPS) is 11.5. The highest BCUT2D eigenvalue weighted by Crippen LogP contribution is 2.21. The van der Waals surface area contributed by atoms with Crippen LogP contribution in [0.5, 0.6) is 5.75 Å². The van der Waals surface area contributed by atoms with Crippen molar-refractivity contribution >= 4 is 0 Å². The maximum atomic E-state index is 5.71. The zero-order chi connectivity index (χ0) is 13.3. The molecule has 0 bridgehead atoms. The quantitative estimate of drug-likeness (QED) is 0.671. The van der Waals surface area contributed by atoms with E-state index in [2.05, 4.69) is 26.1 Å². The molecule has 1 aromatic rings. The summed E-state index contributed by atoms with van der Waals surface area (Å²) >= 11 is 0. The highest BCUT2D eigenvalue weighted by molar-refractivity contribution is 5.20. The van der Waals surface area contributed by atoms with Gasteiger partial charge in [-0.1, -0.05) is 39.0 Å². The molecule has 0 saturated heterocycles. The predicted molar refractivity (Wildman–Crippen MR) is 78.1 cm³/mol. The Labute approximate surface area is 112 Å². The van der Waals surface area contributed by atoms with Gasteiger partial charge in [0.25, 0.3) is 0 Å². The largest absolute Gasteiger partial charge is 0.494 e. The summed E-state index contributed by atoms with van der Waals surface area (Å²) in [5.41, 5.74) is 0.356. The van der Waals surface area contributed by atoms with Gasteiger partial charge in [-0.25, -0.2) is 0 Å². The fraction of sp³-hybridized carbons (Fsp3) is 0.625. The minimum atomic E-state index is 0.356. The van der Waals surface area contributed by atoms with E-state index in [1.165, 1.54) is 12.8 Å². The molecule has 0 unspecified atom stereocenters. The highest BCUT2D eigenvalue weighted by atomic mass is 16.5. The summed E-state index contributed by atoms with van der Waals surface area (Å²) in [6, 6.07) is 10.0. The summed E-state index contributed by atoms with van der Waals surface area (Å²) < 4.78 is 5.71. The first kappa shape index (κ1) is 15.0. The first-order valence-corrected chi connectivity index (χ1v) is 7.02. The van der Waals surface area contributed by atoms with Crippen LogP contribution in [0.2, 0.25) is 0 Å². The Balaban J connectivity index is 2.13. The van der Waals surface area contributed by atoms with Gasteiger partial charge < -0.3 is 10.1 Å². The molecule has 0 aromatic heterocycles. The molecule has 2 heteroatoms. The summed E-state index contributed by atoms with van der Waals surface area (Å²) in [6.07, 6.45) is 3.50. The van der Waals surface area contributed by atoms with E-state index in [4.69, 9.17) is 4.74 Å². The van der Waals surface area contributed by atoms with Crippen LogP contribution in [0.4, 0.5) is 0 Å². The summed E-state index contributed by atoms with van der Waals surface area (Å²) in [7, 11) is 0. The Bertz CT molecular complexity index is 308. The lowest BCUT2D eigenvalue weighted by molar-refractivity contribution is 0.250. The monoisotopic (exact) mass is 249 g/mol. The van der Waals surface area contributed by atoms with Crippen molar-refractivity contribution in [2.24, 2.45) is 5.41 Å². The molecule has 0 fully saturated rings. The van der Waals surface area contributed by atoms with Crippen molar-refractivity contribution in [3.05, 3.63) is 30.3 Å². The van der Waals surface area contributed by atoms with Crippen molar-refractivity contribution in [1.29, 1.82) is 0 Å². The van der Waals surface area contributed by atoms with Gasteiger partial charge in [0.2, 0.25) is 0 Å². The van der Waals surface area contributed by atoms with E-state index < -0.39 is 0 Å². The zero-order valence-corrected chi connectivity index (χ0v) is 12.0. The molecule has 0 aliphatic rings. The highest BCUT2D eigenvalue weighted by Gasteiger charge is 2.16. The Morgan fingerprint density at radius 3 is 2.56 bits per heavy atom. The van der Waals surface area contributed by atoms with Gasteiger partial charge in [-0.2, -0.15) is 0 Å². The molecule has 18 heavy (non-hydrogen) atoms. The molecule has 2 nitrogen and oxygen atoms in total. The fourth-order valence-electron chi connectivity index (χ4n) is 1.95. The maximum absolute atomic E-state index is 5.71. The molecule has 0 heterocycles. The zero-order valence-electron chi connectivity index (χ0n) is 12.0. The van der Waals surface area contributed by atoms with Crippen LogP contribution in [0.15, 0.2) is 30.3 Å². The summed E-state index contributed by atoms with van der Waals surface area (Å²) in [5, 5.41) is 3.49. The molecule has 0 radical (unpaired) electrons. The number of hydrogen-bond donors (Lipinski definition) is 1. The molecule has 1 aromatic carbocycles. The van der Waals surface area contributed by atoms with E-state index in [9.17, 15) is 0 Å². The first-order valence-electron chi connectivity index (χ1n) is 7.02. The molecule has 1 N–H and O–H groups in total. The maximum Gasteiger partial charge on any atom is 0.119 e. The van der Waals surface area contributed by atoms with E-state index in [0.717, 1.165) is 31.9 Å². The third-order valence-corrected chi connectivity index (χ3v) is 3.04. The Morgan fingerprint density at radius 1 is 1.17 bits per heavy atom. The van der Waals surface area contributed by atoms with Crippen LogP contribution in [0.3, 0.4) is 0 Å². The first-order chi connectivity index (χ1) is 8.64. The van der Waals surface area contributed by atoms with Crippen molar-refractivity contribution < 1.29 is 4.74 Å². The second-order valence-corrected chi connectivity index (χ2v) is 5.61. The van der Waals surface area contributed by atoms with Gasteiger partial charge in [-0.15, -0.1) is 0 Å². The van der Waals surface area contributed by atoms with Gasteiger partial charge in [0, 0.05) is 6.54 Å². The van der Waals surface area contributed by atoms with Crippen molar-refractivity contribution in [2.75, 3.05) is 19.7 Å². The molecule has 0 saturated carbocycles. The van der Waals surface area contributed by atoms with Gasteiger partial charge in [-0.3, -0.25) is 0 Å². The summed E-state index contributed by atoms with van der Waals surface area (Å²) in [5.74, 6) is 0.972. The second kappa shape index (κ2) is 8.15. The summed E-state index contributed by atoms with van der Waals surface area (Å²) in [4.78, 5) is 0.